The van der Waals surface area contributed by atoms with Gasteiger partial charge in [-0.15, -0.1) is 11.3 Å². The van der Waals surface area contributed by atoms with Crippen LogP contribution < -0.4 is 21.7 Å². The van der Waals surface area contributed by atoms with Crippen LogP contribution in [0.2, 0.25) is 0 Å². The number of carbonyl (C=O) groups excluding carboxylic acids is 1. The fourth-order valence-corrected chi connectivity index (χ4v) is 4.32. The van der Waals surface area contributed by atoms with E-state index in [2.05, 4.69) is 21.2 Å². The third-order valence-corrected chi connectivity index (χ3v) is 5.88. The third kappa shape index (κ3) is 4.50. The summed E-state index contributed by atoms with van der Waals surface area (Å²) in [6.07, 6.45) is 0. The Balaban J connectivity index is 2.14. The van der Waals surface area contributed by atoms with Crippen molar-refractivity contribution in [2.45, 2.75) is 39.4 Å². The highest BCUT2D eigenvalue weighted by Gasteiger charge is 2.16. The number of fused-ring (bicyclic) bond motifs is 1. The lowest BCUT2D eigenvalue weighted by molar-refractivity contribution is -0.119. The molecule has 2 aromatic rings. The van der Waals surface area contributed by atoms with Gasteiger partial charge < -0.3 is 5.32 Å². The van der Waals surface area contributed by atoms with Gasteiger partial charge in [-0.2, -0.15) is 0 Å². The van der Waals surface area contributed by atoms with Crippen LogP contribution in [0.4, 0.5) is 0 Å². The average Bonchev–Trinajstić information content (AvgIpc) is 2.86. The summed E-state index contributed by atoms with van der Waals surface area (Å²) in [5.41, 5.74) is 6.06. The largest absolute Gasteiger partial charge is 0.362 e. The van der Waals surface area contributed by atoms with Crippen molar-refractivity contribution in [1.29, 1.82) is 0 Å². The van der Waals surface area contributed by atoms with Crippen LogP contribution in [0.1, 0.15) is 24.3 Å². The minimum atomic E-state index is -0.249. The number of nitrogens with one attached hydrogen (secondary N) is 3. The van der Waals surface area contributed by atoms with E-state index in [4.69, 9.17) is 12.2 Å². The van der Waals surface area contributed by atoms with Crippen LogP contribution in [0.25, 0.3) is 10.2 Å². The number of amides is 1. The molecular weight excluding hydrogens is 378 g/mol. The first-order valence-corrected chi connectivity index (χ1v) is 10.1. The van der Waals surface area contributed by atoms with Crippen LogP contribution in [0.5, 0.6) is 0 Å². The lowest BCUT2D eigenvalue weighted by Gasteiger charge is -2.11. The van der Waals surface area contributed by atoms with Gasteiger partial charge in [-0.25, -0.2) is 4.98 Å². The fraction of sp³-hybridized carbons (Fsp3) is 0.467. The maximum atomic E-state index is 12.7. The molecule has 0 fully saturated rings. The van der Waals surface area contributed by atoms with Crippen molar-refractivity contribution in [2.24, 2.45) is 0 Å². The molecule has 136 valence electrons. The Kier molecular flexibility index (Phi) is 6.79. The van der Waals surface area contributed by atoms with E-state index < -0.39 is 0 Å². The van der Waals surface area contributed by atoms with Gasteiger partial charge in [0.05, 0.1) is 11.1 Å². The molecule has 0 unspecified atom stereocenters. The molecule has 0 saturated carbocycles. The average molecular weight is 400 g/mol. The van der Waals surface area contributed by atoms with Crippen molar-refractivity contribution in [1.82, 2.24) is 25.7 Å². The molecule has 0 bridgehead atoms. The molecule has 0 saturated heterocycles. The van der Waals surface area contributed by atoms with Crippen molar-refractivity contribution in [3.05, 3.63) is 20.8 Å². The summed E-state index contributed by atoms with van der Waals surface area (Å²) in [5.74, 6) is -0.121. The Morgan fingerprint density at radius 3 is 2.68 bits per heavy atom. The molecule has 3 N–H and O–H groups in total. The second-order valence-electron chi connectivity index (χ2n) is 5.23. The summed E-state index contributed by atoms with van der Waals surface area (Å²) in [4.78, 5) is 31.1. The summed E-state index contributed by atoms with van der Waals surface area (Å²) < 4.78 is 1.61. The number of thioether (sulfide) groups is 1. The Hall–Kier alpha value is -1.65. The van der Waals surface area contributed by atoms with Gasteiger partial charge in [0.15, 0.2) is 10.3 Å². The zero-order valence-electron chi connectivity index (χ0n) is 14.6. The maximum Gasteiger partial charge on any atom is 0.263 e. The fourth-order valence-electron chi connectivity index (χ4n) is 2.20. The number of hydrogen-bond acceptors (Lipinski definition) is 6. The van der Waals surface area contributed by atoms with E-state index in [1.807, 2.05) is 27.7 Å². The summed E-state index contributed by atoms with van der Waals surface area (Å²) in [6.45, 7) is 8.90. The third-order valence-electron chi connectivity index (χ3n) is 3.56. The van der Waals surface area contributed by atoms with Crippen molar-refractivity contribution in [2.75, 3.05) is 12.3 Å². The number of hydrazine groups is 1. The molecule has 25 heavy (non-hydrogen) atoms. The number of aryl methyl sites for hydroxylation is 2. The molecule has 2 heterocycles. The van der Waals surface area contributed by atoms with Gasteiger partial charge in [0.1, 0.15) is 4.83 Å². The Bertz CT molecular complexity index is 859. The van der Waals surface area contributed by atoms with E-state index in [9.17, 15) is 9.59 Å². The summed E-state index contributed by atoms with van der Waals surface area (Å²) in [7, 11) is 0. The van der Waals surface area contributed by atoms with Gasteiger partial charge in [0.25, 0.3) is 5.56 Å². The molecule has 0 aliphatic carbocycles. The van der Waals surface area contributed by atoms with Crippen LogP contribution in [0.15, 0.2) is 9.95 Å². The lowest BCUT2D eigenvalue weighted by atomic mass is 10.2. The zero-order chi connectivity index (χ0) is 18.6. The first-order chi connectivity index (χ1) is 11.9. The number of rotatable bonds is 5. The summed E-state index contributed by atoms with van der Waals surface area (Å²) >= 11 is 7.71. The van der Waals surface area contributed by atoms with E-state index >= 15 is 0 Å². The number of aromatic nitrogens is 2. The Labute approximate surface area is 159 Å². The molecule has 0 aromatic carbocycles. The second kappa shape index (κ2) is 8.63. The molecule has 2 aromatic heterocycles. The summed E-state index contributed by atoms with van der Waals surface area (Å²) in [5, 5.41) is 4.45. The van der Waals surface area contributed by atoms with Crippen molar-refractivity contribution in [3.63, 3.8) is 0 Å². The second-order valence-corrected chi connectivity index (χ2v) is 7.78. The van der Waals surface area contributed by atoms with Crippen LogP contribution in [0, 0.1) is 13.8 Å². The van der Waals surface area contributed by atoms with Gasteiger partial charge in [-0.3, -0.25) is 25.0 Å². The number of hydrogen-bond donors (Lipinski definition) is 3. The highest BCUT2D eigenvalue weighted by molar-refractivity contribution is 7.99. The smallest absolute Gasteiger partial charge is 0.263 e. The molecule has 7 nitrogen and oxygen atoms in total. The monoisotopic (exact) mass is 399 g/mol. The zero-order valence-corrected chi connectivity index (χ0v) is 17.0. The van der Waals surface area contributed by atoms with Gasteiger partial charge >= 0.3 is 0 Å². The van der Waals surface area contributed by atoms with Crippen LogP contribution in [-0.2, 0) is 11.3 Å². The molecule has 2 rings (SSSR count). The highest BCUT2D eigenvalue weighted by atomic mass is 32.2. The normalized spacial score (nSPS) is 10.7. The first-order valence-electron chi connectivity index (χ1n) is 7.85. The van der Waals surface area contributed by atoms with E-state index in [0.717, 1.165) is 15.3 Å². The van der Waals surface area contributed by atoms with E-state index in [1.165, 1.54) is 23.1 Å². The Morgan fingerprint density at radius 1 is 1.32 bits per heavy atom. The van der Waals surface area contributed by atoms with E-state index in [1.54, 1.807) is 4.57 Å². The molecule has 0 aliphatic rings. The quantitative estimate of drug-likeness (QED) is 0.305. The van der Waals surface area contributed by atoms with E-state index in [0.29, 0.717) is 28.7 Å². The molecule has 0 radical (unpaired) electrons. The maximum absolute atomic E-state index is 12.7. The molecule has 1 amide bonds. The lowest BCUT2D eigenvalue weighted by Crippen LogP contribution is -2.47. The number of nitrogens with zero attached hydrogens (tertiary/aromatic N) is 2. The number of carbonyl (C=O) groups is 1. The van der Waals surface area contributed by atoms with Gasteiger partial charge in [-0.1, -0.05) is 11.8 Å². The minimum Gasteiger partial charge on any atom is -0.362 e. The van der Waals surface area contributed by atoms with Gasteiger partial charge in [0.2, 0.25) is 5.91 Å². The highest BCUT2D eigenvalue weighted by Crippen LogP contribution is 2.28. The van der Waals surface area contributed by atoms with Crippen LogP contribution in [0.3, 0.4) is 0 Å². The van der Waals surface area contributed by atoms with Crippen molar-refractivity contribution < 1.29 is 4.79 Å². The molecule has 10 heteroatoms. The molecule has 0 aliphatic heterocycles. The first kappa shape index (κ1) is 19.7. The Morgan fingerprint density at radius 2 is 2.04 bits per heavy atom. The molecule has 0 spiro atoms. The van der Waals surface area contributed by atoms with Crippen molar-refractivity contribution in [3.8, 4) is 0 Å². The minimum absolute atomic E-state index is 0.0521. The predicted octanol–water partition coefficient (Wildman–Crippen LogP) is 1.70. The predicted molar refractivity (Wildman–Crippen MR) is 107 cm³/mol. The SMILES string of the molecule is CCNC(=S)NNC(=O)CSc1nc2sc(C)c(C)c2c(=O)n1CC. The number of thiophene rings is 1. The van der Waals surface area contributed by atoms with Crippen molar-refractivity contribution >= 4 is 56.6 Å². The summed E-state index contributed by atoms with van der Waals surface area (Å²) in [6, 6.07) is 0. The van der Waals surface area contributed by atoms with Gasteiger partial charge in [-0.05, 0) is 45.5 Å². The molecular formula is C15H21N5O2S3. The standard InChI is InChI=1S/C15H21N5O2S3/c1-5-16-14(23)19-18-10(21)7-24-15-17-12-11(8(3)9(4)25-12)13(22)20(15)6-2/h5-7H2,1-4H3,(H,18,21)(H2,16,19,23). The number of thiocarbonyl (C=S) groups is 1. The topological polar surface area (TPSA) is 88.1 Å². The van der Waals surface area contributed by atoms with Gasteiger partial charge in [0, 0.05) is 18.0 Å². The van der Waals surface area contributed by atoms with Crippen LogP contribution >= 0.6 is 35.3 Å². The molecule has 0 atom stereocenters. The van der Waals surface area contributed by atoms with E-state index in [-0.39, 0.29) is 17.2 Å². The van der Waals surface area contributed by atoms with Crippen LogP contribution in [-0.4, -0.2) is 32.9 Å².